The molecule has 0 N–H and O–H groups in total. The molecule has 1 aromatic carbocycles. The first-order chi connectivity index (χ1) is 12.5. The lowest BCUT2D eigenvalue weighted by Crippen LogP contribution is -2.66. The van der Waals surface area contributed by atoms with Crippen LogP contribution in [-0.2, 0) is 19.7 Å². The fourth-order valence-electron chi connectivity index (χ4n) is 3.01. The molecule has 9 heteroatoms. The van der Waals surface area contributed by atoms with Gasteiger partial charge in [-0.05, 0) is 45.4 Å². The maximum atomic E-state index is 13.3. The second-order valence-electron chi connectivity index (χ2n) is 7.47. The van der Waals surface area contributed by atoms with Crippen LogP contribution in [0.2, 0.25) is 0 Å². The number of amides is 1. The number of carbonyl (C=O) groups excluding carboxylic acids is 2. The van der Waals surface area contributed by atoms with Gasteiger partial charge in [0.25, 0.3) is 0 Å². The van der Waals surface area contributed by atoms with Crippen molar-refractivity contribution in [1.29, 1.82) is 0 Å². The van der Waals surface area contributed by atoms with Crippen LogP contribution in [0.25, 0.3) is 0 Å². The summed E-state index contributed by atoms with van der Waals surface area (Å²) >= 11 is 0. The van der Waals surface area contributed by atoms with Gasteiger partial charge in [-0.2, -0.15) is 0 Å². The van der Waals surface area contributed by atoms with E-state index in [4.69, 9.17) is 9.47 Å². The van der Waals surface area contributed by atoms with Gasteiger partial charge >= 0.3 is 18.4 Å². The molecule has 1 amide bonds. The van der Waals surface area contributed by atoms with Crippen LogP contribution in [0.3, 0.4) is 0 Å². The summed E-state index contributed by atoms with van der Waals surface area (Å²) in [4.78, 5) is 26.2. The summed E-state index contributed by atoms with van der Waals surface area (Å²) in [5.41, 5.74) is -1.45. The van der Waals surface area contributed by atoms with E-state index in [0.29, 0.717) is 5.56 Å². The van der Waals surface area contributed by atoms with Gasteiger partial charge in [-0.15, -0.1) is 8.78 Å². The number of alkyl halides is 2. The topological polar surface area (TPSA) is 74.3 Å². The molecule has 0 unspecified atom stereocenters. The van der Waals surface area contributed by atoms with Crippen molar-refractivity contribution in [3.05, 3.63) is 23.8 Å². The number of fused-ring (bicyclic) bond motifs is 1. The molecule has 7 nitrogen and oxygen atoms in total. The third kappa shape index (κ3) is 3.63. The highest BCUT2D eigenvalue weighted by atomic mass is 19.3. The van der Waals surface area contributed by atoms with Gasteiger partial charge in [0, 0.05) is 13.1 Å². The van der Waals surface area contributed by atoms with Gasteiger partial charge in [0.05, 0.1) is 6.61 Å². The predicted molar refractivity (Wildman–Crippen MR) is 88.8 cm³/mol. The Morgan fingerprint density at radius 2 is 1.81 bits per heavy atom. The SMILES string of the molecule is CCOC(=O)C1(c2ccc3c(c2)OC(F)(F)O3)CN(C(=O)OC(C)(C)C)C1. The van der Waals surface area contributed by atoms with Crippen LogP contribution in [0.4, 0.5) is 13.6 Å². The average molecular weight is 385 g/mol. The van der Waals surface area contributed by atoms with E-state index >= 15 is 0 Å². The second kappa shape index (κ2) is 6.24. The maximum absolute atomic E-state index is 13.3. The van der Waals surface area contributed by atoms with E-state index < -0.39 is 29.4 Å². The van der Waals surface area contributed by atoms with Gasteiger partial charge in [0.2, 0.25) is 0 Å². The van der Waals surface area contributed by atoms with Gasteiger partial charge in [0.1, 0.15) is 11.0 Å². The quantitative estimate of drug-likeness (QED) is 0.745. The lowest BCUT2D eigenvalue weighted by atomic mass is 9.73. The largest absolute Gasteiger partial charge is 0.586 e. The summed E-state index contributed by atoms with van der Waals surface area (Å²) in [6.07, 6.45) is -4.31. The van der Waals surface area contributed by atoms with Crippen LogP contribution >= 0.6 is 0 Å². The van der Waals surface area contributed by atoms with Gasteiger partial charge in [-0.3, -0.25) is 4.79 Å². The number of nitrogens with zero attached hydrogens (tertiary/aromatic N) is 1. The fraction of sp³-hybridized carbons (Fsp3) is 0.556. The summed E-state index contributed by atoms with van der Waals surface area (Å²) in [6.45, 7) is 7.04. The average Bonchev–Trinajstić information content (AvgIpc) is 2.77. The van der Waals surface area contributed by atoms with Crippen LogP contribution < -0.4 is 9.47 Å². The molecule has 0 radical (unpaired) electrons. The molecule has 2 heterocycles. The van der Waals surface area contributed by atoms with Crippen LogP contribution in [0, 0.1) is 0 Å². The molecule has 1 aromatic rings. The molecular weight excluding hydrogens is 364 g/mol. The van der Waals surface area contributed by atoms with E-state index in [1.54, 1.807) is 27.7 Å². The molecule has 0 aromatic heterocycles. The molecule has 0 saturated carbocycles. The van der Waals surface area contributed by atoms with Crippen LogP contribution in [0.15, 0.2) is 18.2 Å². The first kappa shape index (κ1) is 19.2. The Balaban J connectivity index is 1.85. The van der Waals surface area contributed by atoms with E-state index in [1.165, 1.54) is 23.1 Å². The van der Waals surface area contributed by atoms with Crippen molar-refractivity contribution < 1.29 is 37.3 Å². The summed E-state index contributed by atoms with van der Waals surface area (Å²) < 4.78 is 45.8. The highest BCUT2D eigenvalue weighted by Gasteiger charge is 2.55. The molecule has 2 aliphatic heterocycles. The van der Waals surface area contributed by atoms with Crippen molar-refractivity contribution in [2.75, 3.05) is 19.7 Å². The monoisotopic (exact) mass is 385 g/mol. The molecule has 2 aliphatic rings. The number of carbonyl (C=O) groups is 2. The number of benzene rings is 1. The predicted octanol–water partition coefficient (Wildman–Crippen LogP) is 3.06. The Morgan fingerprint density at radius 3 is 2.41 bits per heavy atom. The summed E-state index contributed by atoms with van der Waals surface area (Å²) in [5, 5.41) is 0. The molecule has 0 spiro atoms. The smallest absolute Gasteiger partial charge is 0.465 e. The lowest BCUT2D eigenvalue weighted by Gasteiger charge is -2.48. The fourth-order valence-corrected chi connectivity index (χ4v) is 3.01. The third-order valence-corrected chi connectivity index (χ3v) is 4.19. The molecule has 27 heavy (non-hydrogen) atoms. The molecule has 0 atom stereocenters. The molecule has 3 rings (SSSR count). The van der Waals surface area contributed by atoms with E-state index in [2.05, 4.69) is 9.47 Å². The summed E-state index contributed by atoms with van der Waals surface area (Å²) in [5.74, 6) is -0.835. The van der Waals surface area contributed by atoms with E-state index in [-0.39, 0.29) is 31.2 Å². The van der Waals surface area contributed by atoms with Gasteiger partial charge in [-0.1, -0.05) is 6.07 Å². The number of ether oxygens (including phenoxy) is 4. The number of likely N-dealkylation sites (tertiary alicyclic amines) is 1. The van der Waals surface area contributed by atoms with Crippen LogP contribution in [-0.4, -0.2) is 48.6 Å². The Hall–Kier alpha value is -2.58. The van der Waals surface area contributed by atoms with Crippen molar-refractivity contribution in [3.8, 4) is 11.5 Å². The van der Waals surface area contributed by atoms with E-state index in [9.17, 15) is 18.4 Å². The number of halogens is 2. The number of hydrogen-bond acceptors (Lipinski definition) is 6. The number of hydrogen-bond donors (Lipinski definition) is 0. The summed E-state index contributed by atoms with van der Waals surface area (Å²) in [7, 11) is 0. The molecule has 0 bridgehead atoms. The van der Waals surface area contributed by atoms with Crippen molar-refractivity contribution in [1.82, 2.24) is 4.90 Å². The Kier molecular flexibility index (Phi) is 4.44. The number of rotatable bonds is 3. The maximum Gasteiger partial charge on any atom is 0.586 e. The van der Waals surface area contributed by atoms with Crippen molar-refractivity contribution in [3.63, 3.8) is 0 Å². The Bertz CT molecular complexity index is 768. The van der Waals surface area contributed by atoms with Crippen molar-refractivity contribution in [2.24, 2.45) is 0 Å². The van der Waals surface area contributed by atoms with Gasteiger partial charge in [-0.25, -0.2) is 4.79 Å². The van der Waals surface area contributed by atoms with E-state index in [1.807, 2.05) is 0 Å². The van der Waals surface area contributed by atoms with Gasteiger partial charge < -0.3 is 23.8 Å². The van der Waals surface area contributed by atoms with Crippen molar-refractivity contribution in [2.45, 2.75) is 45.0 Å². The van der Waals surface area contributed by atoms with Crippen molar-refractivity contribution >= 4 is 12.1 Å². The lowest BCUT2D eigenvalue weighted by molar-refractivity contribution is -0.286. The molecule has 1 fully saturated rings. The standard InChI is InChI=1S/C18H21F2NO6/c1-5-24-14(22)17(9-21(10-17)15(23)27-16(2,3)4)11-6-7-12-13(8-11)26-18(19,20)25-12/h6-8H,5,9-10H2,1-4H3. The summed E-state index contributed by atoms with van der Waals surface area (Å²) in [6, 6.07) is 4.12. The first-order valence-electron chi connectivity index (χ1n) is 8.51. The highest BCUT2D eigenvalue weighted by molar-refractivity contribution is 5.88. The minimum Gasteiger partial charge on any atom is -0.465 e. The normalized spacial score (nSPS) is 19.3. The van der Waals surface area contributed by atoms with Crippen LogP contribution in [0.1, 0.15) is 33.3 Å². The van der Waals surface area contributed by atoms with Gasteiger partial charge in [0.15, 0.2) is 11.5 Å². The van der Waals surface area contributed by atoms with Crippen LogP contribution in [0.5, 0.6) is 11.5 Å². The molecule has 0 aliphatic carbocycles. The molecular formula is C18H21F2NO6. The third-order valence-electron chi connectivity index (χ3n) is 4.19. The second-order valence-corrected chi connectivity index (χ2v) is 7.47. The molecule has 148 valence electrons. The number of esters is 1. The minimum absolute atomic E-state index is 0.0107. The zero-order chi connectivity index (χ0) is 20.0. The zero-order valence-electron chi connectivity index (χ0n) is 15.5. The zero-order valence-corrected chi connectivity index (χ0v) is 15.5. The minimum atomic E-state index is -3.75. The first-order valence-corrected chi connectivity index (χ1v) is 8.51. The van der Waals surface area contributed by atoms with E-state index in [0.717, 1.165) is 0 Å². The highest BCUT2D eigenvalue weighted by Crippen LogP contribution is 2.45. The molecule has 1 saturated heterocycles. The Morgan fingerprint density at radius 1 is 1.19 bits per heavy atom. The Labute approximate surface area is 155 Å².